The van der Waals surface area contributed by atoms with Crippen molar-refractivity contribution in [1.29, 1.82) is 0 Å². The van der Waals surface area contributed by atoms with E-state index in [-0.39, 0.29) is 16.9 Å². The molecule has 1 atom stereocenters. The smallest absolute Gasteiger partial charge is 0.341 e. The molecule has 0 aliphatic rings. The molecule has 2 aromatic rings. The van der Waals surface area contributed by atoms with Crippen LogP contribution in [0.3, 0.4) is 0 Å². The monoisotopic (exact) mass is 380 g/mol. The SMILES string of the molecule is C[C@H](OC(=O)c1cc(Br)ccc1N)C(=O)Nc1ccccc1F. The Morgan fingerprint density at radius 1 is 1.26 bits per heavy atom. The van der Waals surface area contributed by atoms with E-state index in [0.717, 1.165) is 0 Å². The van der Waals surface area contributed by atoms with Crippen molar-refractivity contribution >= 4 is 39.2 Å². The van der Waals surface area contributed by atoms with Gasteiger partial charge in [-0.25, -0.2) is 9.18 Å². The van der Waals surface area contributed by atoms with Crippen LogP contribution in [0.4, 0.5) is 15.8 Å². The summed E-state index contributed by atoms with van der Waals surface area (Å²) in [5.74, 6) is -1.95. The maximum Gasteiger partial charge on any atom is 0.341 e. The van der Waals surface area contributed by atoms with Crippen molar-refractivity contribution in [2.75, 3.05) is 11.1 Å². The third-order valence-corrected chi connectivity index (χ3v) is 3.51. The van der Waals surface area contributed by atoms with Gasteiger partial charge in [0.05, 0.1) is 11.3 Å². The average Bonchev–Trinajstić information content (AvgIpc) is 2.51. The molecule has 2 rings (SSSR count). The molecule has 120 valence electrons. The summed E-state index contributed by atoms with van der Waals surface area (Å²) < 4.78 is 19.2. The molecular formula is C16H14BrFN2O3. The second kappa shape index (κ2) is 7.23. The predicted molar refractivity (Wildman–Crippen MR) is 88.5 cm³/mol. The molecular weight excluding hydrogens is 367 g/mol. The number of carbonyl (C=O) groups is 2. The van der Waals surface area contributed by atoms with Gasteiger partial charge in [-0.2, -0.15) is 0 Å². The fraction of sp³-hybridized carbons (Fsp3) is 0.125. The predicted octanol–water partition coefficient (Wildman–Crippen LogP) is 3.35. The van der Waals surface area contributed by atoms with E-state index in [4.69, 9.17) is 10.5 Å². The number of nitrogen functional groups attached to an aromatic ring is 1. The van der Waals surface area contributed by atoms with Crippen molar-refractivity contribution in [1.82, 2.24) is 0 Å². The number of nitrogens with two attached hydrogens (primary N) is 1. The molecule has 5 nitrogen and oxygen atoms in total. The molecule has 1 amide bonds. The van der Waals surface area contributed by atoms with Crippen molar-refractivity contribution in [3.63, 3.8) is 0 Å². The Bertz CT molecular complexity index is 752. The third kappa shape index (κ3) is 4.29. The van der Waals surface area contributed by atoms with Crippen LogP contribution in [0.25, 0.3) is 0 Å². The van der Waals surface area contributed by atoms with E-state index in [1.165, 1.54) is 31.2 Å². The summed E-state index contributed by atoms with van der Waals surface area (Å²) in [6, 6.07) is 10.4. The summed E-state index contributed by atoms with van der Waals surface area (Å²) in [4.78, 5) is 24.1. The van der Waals surface area contributed by atoms with Crippen LogP contribution >= 0.6 is 15.9 Å². The summed E-state index contributed by atoms with van der Waals surface area (Å²) in [5, 5.41) is 2.36. The fourth-order valence-corrected chi connectivity index (χ4v) is 2.14. The zero-order valence-corrected chi connectivity index (χ0v) is 13.8. The van der Waals surface area contributed by atoms with E-state index in [0.29, 0.717) is 4.47 Å². The van der Waals surface area contributed by atoms with Gasteiger partial charge in [0, 0.05) is 10.2 Å². The third-order valence-electron chi connectivity index (χ3n) is 3.02. The van der Waals surface area contributed by atoms with Crippen LogP contribution in [0.15, 0.2) is 46.9 Å². The van der Waals surface area contributed by atoms with Gasteiger partial charge in [0.2, 0.25) is 0 Å². The lowest BCUT2D eigenvalue weighted by molar-refractivity contribution is -0.123. The van der Waals surface area contributed by atoms with E-state index in [9.17, 15) is 14.0 Å². The number of amides is 1. The first-order chi connectivity index (χ1) is 10.9. The normalized spacial score (nSPS) is 11.6. The van der Waals surface area contributed by atoms with Crippen LogP contribution in [-0.2, 0) is 9.53 Å². The molecule has 0 aliphatic heterocycles. The van der Waals surface area contributed by atoms with E-state index in [1.54, 1.807) is 18.2 Å². The zero-order valence-electron chi connectivity index (χ0n) is 12.2. The number of anilines is 2. The summed E-state index contributed by atoms with van der Waals surface area (Å²) in [6.07, 6.45) is -1.11. The average molecular weight is 381 g/mol. The number of benzene rings is 2. The molecule has 0 unspecified atom stereocenters. The molecule has 23 heavy (non-hydrogen) atoms. The van der Waals surface area contributed by atoms with Gasteiger partial charge in [-0.05, 0) is 37.3 Å². The molecule has 0 radical (unpaired) electrons. The maximum absolute atomic E-state index is 13.5. The van der Waals surface area contributed by atoms with Gasteiger partial charge < -0.3 is 15.8 Å². The lowest BCUT2D eigenvalue weighted by Crippen LogP contribution is -2.30. The first kappa shape index (κ1) is 17.0. The molecule has 0 bridgehead atoms. The Balaban J connectivity index is 2.05. The topological polar surface area (TPSA) is 81.4 Å². The Morgan fingerprint density at radius 2 is 1.96 bits per heavy atom. The lowest BCUT2D eigenvalue weighted by atomic mass is 10.2. The standard InChI is InChI=1S/C16H14BrFN2O3/c1-9(15(21)20-14-5-3-2-4-12(14)18)23-16(22)11-8-10(17)6-7-13(11)19/h2-9H,19H2,1H3,(H,20,21)/t9-/m0/s1. The largest absolute Gasteiger partial charge is 0.449 e. The number of para-hydroxylation sites is 1. The Kier molecular flexibility index (Phi) is 5.33. The molecule has 0 spiro atoms. The van der Waals surface area contributed by atoms with Crippen molar-refractivity contribution in [2.45, 2.75) is 13.0 Å². The van der Waals surface area contributed by atoms with Gasteiger partial charge in [0.1, 0.15) is 5.82 Å². The number of rotatable bonds is 4. The molecule has 0 aliphatic carbocycles. The van der Waals surface area contributed by atoms with Crippen molar-refractivity contribution < 1.29 is 18.7 Å². The summed E-state index contributed by atoms with van der Waals surface area (Å²) in [6.45, 7) is 1.39. The lowest BCUT2D eigenvalue weighted by Gasteiger charge is -2.14. The minimum atomic E-state index is -1.11. The fourth-order valence-electron chi connectivity index (χ4n) is 1.78. The Labute approximate surface area is 140 Å². The highest BCUT2D eigenvalue weighted by Crippen LogP contribution is 2.20. The highest BCUT2D eigenvalue weighted by atomic mass is 79.9. The van der Waals surface area contributed by atoms with Gasteiger partial charge in [-0.3, -0.25) is 4.79 Å². The van der Waals surface area contributed by atoms with Crippen LogP contribution in [0, 0.1) is 5.82 Å². The molecule has 0 fully saturated rings. The minimum Gasteiger partial charge on any atom is -0.449 e. The molecule has 2 aromatic carbocycles. The second-order valence-electron chi connectivity index (χ2n) is 4.75. The first-order valence-electron chi connectivity index (χ1n) is 6.70. The summed E-state index contributed by atoms with van der Waals surface area (Å²) in [5.41, 5.74) is 6.11. The molecule has 3 N–H and O–H groups in total. The molecule has 0 saturated heterocycles. The first-order valence-corrected chi connectivity index (χ1v) is 7.49. The highest BCUT2D eigenvalue weighted by Gasteiger charge is 2.21. The number of ether oxygens (including phenoxy) is 1. The number of hydrogen-bond donors (Lipinski definition) is 2. The number of esters is 1. The molecule has 0 saturated carbocycles. The summed E-state index contributed by atoms with van der Waals surface area (Å²) >= 11 is 3.23. The number of halogens is 2. The van der Waals surface area contributed by atoms with E-state index < -0.39 is 23.8 Å². The van der Waals surface area contributed by atoms with Crippen LogP contribution in [-0.4, -0.2) is 18.0 Å². The maximum atomic E-state index is 13.5. The second-order valence-corrected chi connectivity index (χ2v) is 5.66. The van der Waals surface area contributed by atoms with Gasteiger partial charge in [0.15, 0.2) is 6.10 Å². The van der Waals surface area contributed by atoms with Crippen LogP contribution in [0.1, 0.15) is 17.3 Å². The van der Waals surface area contributed by atoms with Crippen molar-refractivity contribution in [2.24, 2.45) is 0 Å². The molecule has 0 aromatic heterocycles. The molecule has 0 heterocycles. The Hall–Kier alpha value is -2.41. The van der Waals surface area contributed by atoms with Gasteiger partial charge in [-0.15, -0.1) is 0 Å². The minimum absolute atomic E-state index is 0.0161. The highest BCUT2D eigenvalue weighted by molar-refractivity contribution is 9.10. The molecule has 7 heteroatoms. The number of hydrogen-bond acceptors (Lipinski definition) is 4. The van der Waals surface area contributed by atoms with Gasteiger partial charge >= 0.3 is 5.97 Å². The zero-order chi connectivity index (χ0) is 17.0. The van der Waals surface area contributed by atoms with Gasteiger partial charge in [-0.1, -0.05) is 28.1 Å². The number of nitrogens with one attached hydrogen (secondary N) is 1. The summed E-state index contributed by atoms with van der Waals surface area (Å²) in [7, 11) is 0. The van der Waals surface area contributed by atoms with Crippen LogP contribution < -0.4 is 11.1 Å². The van der Waals surface area contributed by atoms with Crippen LogP contribution in [0.2, 0.25) is 0 Å². The van der Waals surface area contributed by atoms with E-state index in [2.05, 4.69) is 21.2 Å². The van der Waals surface area contributed by atoms with Crippen molar-refractivity contribution in [3.8, 4) is 0 Å². The van der Waals surface area contributed by atoms with E-state index in [1.807, 2.05) is 0 Å². The van der Waals surface area contributed by atoms with Crippen molar-refractivity contribution in [3.05, 3.63) is 58.3 Å². The Morgan fingerprint density at radius 3 is 2.65 bits per heavy atom. The quantitative estimate of drug-likeness (QED) is 0.629. The van der Waals surface area contributed by atoms with E-state index >= 15 is 0 Å². The van der Waals surface area contributed by atoms with Gasteiger partial charge in [0.25, 0.3) is 5.91 Å². The van der Waals surface area contributed by atoms with Crippen LogP contribution in [0.5, 0.6) is 0 Å². The number of carbonyl (C=O) groups excluding carboxylic acids is 2.